The van der Waals surface area contributed by atoms with Crippen molar-refractivity contribution in [3.8, 4) is 5.75 Å². The number of aromatic nitrogens is 1. The average Bonchev–Trinajstić information content (AvgIpc) is 2.28. The van der Waals surface area contributed by atoms with Crippen LogP contribution >= 0.6 is 0 Å². The number of sulfonamides is 1. The lowest BCUT2D eigenvalue weighted by molar-refractivity contribution is 0.475. The molecule has 1 aromatic carbocycles. The van der Waals surface area contributed by atoms with E-state index in [2.05, 4.69) is 9.71 Å². The van der Waals surface area contributed by atoms with Gasteiger partial charge < -0.3 is 10.8 Å². The van der Waals surface area contributed by atoms with Gasteiger partial charge in [-0.1, -0.05) is 6.07 Å². The highest BCUT2D eigenvalue weighted by atomic mass is 32.2. The molecule has 6 nitrogen and oxygen atoms in total. The minimum absolute atomic E-state index is 0.0330. The predicted molar refractivity (Wildman–Crippen MR) is 67.6 cm³/mol. The van der Waals surface area contributed by atoms with E-state index in [0.29, 0.717) is 0 Å². The molecule has 0 aliphatic rings. The summed E-state index contributed by atoms with van der Waals surface area (Å²) >= 11 is 0. The molecular weight excluding hydrogens is 254 g/mol. The fourth-order valence-electron chi connectivity index (χ4n) is 1.41. The summed E-state index contributed by atoms with van der Waals surface area (Å²) in [5, 5.41) is 9.26. The molecule has 0 bridgehead atoms. The molecule has 0 saturated carbocycles. The van der Waals surface area contributed by atoms with Gasteiger partial charge in [-0.05, 0) is 24.3 Å². The fraction of sp³-hybridized carbons (Fsp3) is 0. The Hall–Kier alpha value is -2.28. The first kappa shape index (κ1) is 12.2. The molecule has 0 saturated heterocycles. The summed E-state index contributed by atoms with van der Waals surface area (Å²) in [5.41, 5.74) is 5.76. The second-order valence-electron chi connectivity index (χ2n) is 3.54. The van der Waals surface area contributed by atoms with Gasteiger partial charge in [0.25, 0.3) is 10.0 Å². The number of hydrogen-bond donors (Lipinski definition) is 3. The van der Waals surface area contributed by atoms with Crippen molar-refractivity contribution in [2.24, 2.45) is 0 Å². The largest absolute Gasteiger partial charge is 0.508 e. The lowest BCUT2D eigenvalue weighted by Crippen LogP contribution is -2.15. The van der Waals surface area contributed by atoms with Crippen LogP contribution in [0.1, 0.15) is 0 Å². The number of nitrogens with one attached hydrogen (secondary N) is 1. The van der Waals surface area contributed by atoms with E-state index in [1.54, 1.807) is 0 Å². The number of nitrogens with two attached hydrogens (primary N) is 1. The van der Waals surface area contributed by atoms with Crippen molar-refractivity contribution >= 4 is 21.5 Å². The Balaban J connectivity index is 2.37. The fourth-order valence-corrected chi connectivity index (χ4v) is 2.54. The molecule has 0 radical (unpaired) electrons. The first-order valence-electron chi connectivity index (χ1n) is 5.01. The Morgan fingerprint density at radius 1 is 1.22 bits per heavy atom. The van der Waals surface area contributed by atoms with E-state index >= 15 is 0 Å². The topological polar surface area (TPSA) is 105 Å². The van der Waals surface area contributed by atoms with Gasteiger partial charge >= 0.3 is 0 Å². The molecule has 0 aliphatic carbocycles. The van der Waals surface area contributed by atoms with Crippen LogP contribution in [0.2, 0.25) is 0 Å². The summed E-state index contributed by atoms with van der Waals surface area (Å²) in [4.78, 5) is 3.61. The van der Waals surface area contributed by atoms with Crippen LogP contribution in [0.25, 0.3) is 0 Å². The van der Waals surface area contributed by atoms with Crippen LogP contribution in [0, 0.1) is 0 Å². The number of nitrogen functional groups attached to an aromatic ring is 1. The molecule has 2 rings (SSSR count). The molecule has 0 amide bonds. The Kier molecular flexibility index (Phi) is 3.07. The summed E-state index contributed by atoms with van der Waals surface area (Å²) in [6.07, 6.45) is 1.41. The van der Waals surface area contributed by atoms with Crippen molar-refractivity contribution < 1.29 is 13.5 Å². The van der Waals surface area contributed by atoms with Gasteiger partial charge in [0.05, 0.1) is 5.69 Å². The molecule has 1 heterocycles. The highest BCUT2D eigenvalue weighted by molar-refractivity contribution is 7.92. The second kappa shape index (κ2) is 4.53. The summed E-state index contributed by atoms with van der Waals surface area (Å²) < 4.78 is 26.4. The number of phenols is 1. The van der Waals surface area contributed by atoms with Gasteiger partial charge in [0, 0.05) is 12.3 Å². The minimum Gasteiger partial charge on any atom is -0.508 e. The van der Waals surface area contributed by atoms with Gasteiger partial charge in [-0.3, -0.25) is 4.72 Å². The van der Waals surface area contributed by atoms with Gasteiger partial charge in [0.15, 0.2) is 0 Å². The molecule has 4 N–H and O–H groups in total. The molecule has 0 aliphatic heterocycles. The van der Waals surface area contributed by atoms with Crippen molar-refractivity contribution in [3.63, 3.8) is 0 Å². The minimum atomic E-state index is -3.81. The normalized spacial score (nSPS) is 11.1. The van der Waals surface area contributed by atoms with Gasteiger partial charge in [0.1, 0.15) is 16.5 Å². The molecule has 0 atom stereocenters. The summed E-state index contributed by atoms with van der Waals surface area (Å²) in [6, 6.07) is 8.62. The zero-order chi connectivity index (χ0) is 13.2. The van der Waals surface area contributed by atoms with E-state index in [-0.39, 0.29) is 22.2 Å². The van der Waals surface area contributed by atoms with Crippen LogP contribution in [0.15, 0.2) is 47.5 Å². The van der Waals surface area contributed by atoms with Crippen LogP contribution in [0.3, 0.4) is 0 Å². The molecule has 0 unspecified atom stereocenters. The van der Waals surface area contributed by atoms with E-state index in [1.165, 1.54) is 42.6 Å². The maximum Gasteiger partial charge on any atom is 0.265 e. The van der Waals surface area contributed by atoms with Crippen LogP contribution in [-0.2, 0) is 10.0 Å². The average molecular weight is 265 g/mol. The number of nitrogens with zero attached hydrogens (tertiary/aromatic N) is 1. The van der Waals surface area contributed by atoms with E-state index in [1.807, 2.05) is 0 Å². The molecule has 94 valence electrons. The smallest absolute Gasteiger partial charge is 0.265 e. The number of hydrogen-bond acceptors (Lipinski definition) is 5. The first-order chi connectivity index (χ1) is 8.49. The summed E-state index contributed by atoms with van der Waals surface area (Å²) in [6.45, 7) is 0. The van der Waals surface area contributed by atoms with Gasteiger partial charge in [-0.15, -0.1) is 0 Å². The lowest BCUT2D eigenvalue weighted by atomic mass is 10.3. The van der Waals surface area contributed by atoms with E-state index in [4.69, 9.17) is 5.73 Å². The van der Waals surface area contributed by atoms with Crippen molar-refractivity contribution in [1.82, 2.24) is 4.98 Å². The highest BCUT2D eigenvalue weighted by Gasteiger charge is 2.17. The Morgan fingerprint density at radius 2 is 2.00 bits per heavy atom. The van der Waals surface area contributed by atoms with Gasteiger partial charge in [-0.2, -0.15) is 0 Å². The third kappa shape index (κ3) is 2.51. The molecule has 7 heteroatoms. The number of pyridine rings is 1. The third-order valence-corrected chi connectivity index (χ3v) is 3.62. The van der Waals surface area contributed by atoms with E-state index in [0.717, 1.165) is 0 Å². The molecule has 2 aromatic rings. The van der Waals surface area contributed by atoms with Crippen molar-refractivity contribution in [2.45, 2.75) is 4.90 Å². The third-order valence-electron chi connectivity index (χ3n) is 2.19. The van der Waals surface area contributed by atoms with E-state index < -0.39 is 10.0 Å². The zero-order valence-corrected chi connectivity index (χ0v) is 10.1. The second-order valence-corrected chi connectivity index (χ2v) is 5.19. The number of anilines is 2. The Morgan fingerprint density at radius 3 is 2.67 bits per heavy atom. The number of rotatable bonds is 3. The van der Waals surface area contributed by atoms with Crippen molar-refractivity contribution in [3.05, 3.63) is 42.6 Å². The zero-order valence-electron chi connectivity index (χ0n) is 9.24. The molecule has 18 heavy (non-hydrogen) atoms. The maximum absolute atomic E-state index is 12.0. The van der Waals surface area contributed by atoms with Crippen LogP contribution in [-0.4, -0.2) is 18.5 Å². The molecule has 0 fully saturated rings. The highest BCUT2D eigenvalue weighted by Crippen LogP contribution is 2.21. The van der Waals surface area contributed by atoms with Gasteiger partial charge in [-0.25, -0.2) is 13.4 Å². The quantitative estimate of drug-likeness (QED) is 0.772. The standard InChI is InChI=1S/C11H11N3O3S/c12-11-10(5-2-6-13-11)18(16,17)14-8-3-1-4-9(15)7-8/h1-7,14-15H,(H2,12,13). The van der Waals surface area contributed by atoms with Crippen molar-refractivity contribution in [2.75, 3.05) is 10.5 Å². The van der Waals surface area contributed by atoms with Crippen LogP contribution < -0.4 is 10.5 Å². The summed E-state index contributed by atoms with van der Waals surface area (Å²) in [7, 11) is -3.81. The molecule has 0 spiro atoms. The molecule has 1 aromatic heterocycles. The van der Waals surface area contributed by atoms with Gasteiger partial charge in [0.2, 0.25) is 0 Å². The first-order valence-corrected chi connectivity index (χ1v) is 6.50. The van der Waals surface area contributed by atoms with E-state index in [9.17, 15) is 13.5 Å². The number of phenolic OH excluding ortho intramolecular Hbond substituents is 1. The lowest BCUT2D eigenvalue weighted by Gasteiger charge is -2.09. The number of aromatic hydroxyl groups is 1. The predicted octanol–water partition coefficient (Wildman–Crippen LogP) is 1.17. The Labute approximate surface area is 104 Å². The van der Waals surface area contributed by atoms with Crippen LogP contribution in [0.5, 0.6) is 5.75 Å². The van der Waals surface area contributed by atoms with Crippen LogP contribution in [0.4, 0.5) is 11.5 Å². The monoisotopic (exact) mass is 265 g/mol. The van der Waals surface area contributed by atoms with Crippen molar-refractivity contribution in [1.29, 1.82) is 0 Å². The number of benzene rings is 1. The SMILES string of the molecule is Nc1ncccc1S(=O)(=O)Nc1cccc(O)c1. The molecular formula is C11H11N3O3S. The Bertz CT molecular complexity index is 671. The maximum atomic E-state index is 12.0. The summed E-state index contributed by atoms with van der Waals surface area (Å²) in [5.74, 6) is -0.112.